The number of nitrogens with zero attached hydrogens (tertiary/aromatic N) is 2. The van der Waals surface area contributed by atoms with Gasteiger partial charge in [0.05, 0.1) is 29.9 Å². The molecule has 0 spiro atoms. The van der Waals surface area contributed by atoms with E-state index in [4.69, 9.17) is 4.74 Å². The lowest BCUT2D eigenvalue weighted by molar-refractivity contribution is 0.0250. The highest BCUT2D eigenvalue weighted by Crippen LogP contribution is 2.19. The minimum absolute atomic E-state index is 0.0952. The van der Waals surface area contributed by atoms with E-state index in [0.717, 1.165) is 12.2 Å². The first-order valence-corrected chi connectivity index (χ1v) is 8.37. The molecule has 1 unspecified atom stereocenters. The Labute approximate surface area is 145 Å². The number of hydrogen-bond donors (Lipinski definition) is 3. The van der Waals surface area contributed by atoms with Gasteiger partial charge in [-0.3, -0.25) is 14.9 Å². The number of anilines is 1. The Morgan fingerprint density at radius 2 is 2.32 bits per heavy atom. The minimum Gasteiger partial charge on any atom is -0.369 e. The maximum Gasteiger partial charge on any atom is 0.276 e. The third kappa shape index (κ3) is 4.21. The van der Waals surface area contributed by atoms with Gasteiger partial charge in [0.2, 0.25) is 0 Å². The number of amides is 1. The number of carbonyl (C=O) groups excluding carboxylic acids is 1. The summed E-state index contributed by atoms with van der Waals surface area (Å²) in [4.78, 5) is 16.6. The van der Waals surface area contributed by atoms with Gasteiger partial charge in [0.15, 0.2) is 11.5 Å². The lowest BCUT2D eigenvalue weighted by atomic mass is 10.1. The number of H-pyrrole nitrogens is 1. The average Bonchev–Trinajstić information content (AvgIpc) is 2.96. The molecule has 0 aliphatic carbocycles. The van der Waals surface area contributed by atoms with Crippen molar-refractivity contribution in [2.45, 2.75) is 26.4 Å². The number of hydrogen-bond acceptors (Lipinski definition) is 5. The number of morpholine rings is 1. The molecule has 0 aromatic carbocycles. The molecule has 1 fully saturated rings. The highest BCUT2D eigenvalue weighted by atomic mass is 19.1. The van der Waals surface area contributed by atoms with Crippen LogP contribution in [0.3, 0.4) is 0 Å². The SMILES string of the molecule is CC(C)Cc1n[nH]c(C(=O)Nc2ccc(C3CNCCO3)nc2)c1F. The van der Waals surface area contributed by atoms with Crippen molar-refractivity contribution in [1.82, 2.24) is 20.5 Å². The fraction of sp³-hybridized carbons (Fsp3) is 0.471. The second-order valence-corrected chi connectivity index (χ2v) is 6.45. The van der Waals surface area contributed by atoms with E-state index in [1.807, 2.05) is 13.8 Å². The Bertz CT molecular complexity index is 723. The highest BCUT2D eigenvalue weighted by Gasteiger charge is 2.21. The van der Waals surface area contributed by atoms with Gasteiger partial charge in [0, 0.05) is 13.1 Å². The van der Waals surface area contributed by atoms with Gasteiger partial charge in [-0.15, -0.1) is 0 Å². The summed E-state index contributed by atoms with van der Waals surface area (Å²) in [6.45, 7) is 6.11. The first kappa shape index (κ1) is 17.5. The van der Waals surface area contributed by atoms with Gasteiger partial charge in [0.1, 0.15) is 6.10 Å². The van der Waals surface area contributed by atoms with E-state index in [1.54, 1.807) is 12.1 Å². The van der Waals surface area contributed by atoms with Crippen LogP contribution in [0.25, 0.3) is 0 Å². The topological polar surface area (TPSA) is 91.9 Å². The summed E-state index contributed by atoms with van der Waals surface area (Å²) in [6.07, 6.45) is 1.91. The molecule has 0 bridgehead atoms. The van der Waals surface area contributed by atoms with Gasteiger partial charge in [-0.1, -0.05) is 13.8 Å². The minimum atomic E-state index is -0.600. The molecule has 1 aliphatic heterocycles. The molecule has 0 radical (unpaired) electrons. The molecule has 1 atom stereocenters. The molecule has 1 aliphatic rings. The monoisotopic (exact) mass is 347 g/mol. The molecule has 2 aromatic heterocycles. The van der Waals surface area contributed by atoms with E-state index in [9.17, 15) is 9.18 Å². The second-order valence-electron chi connectivity index (χ2n) is 6.45. The van der Waals surface area contributed by atoms with Crippen molar-refractivity contribution in [2.24, 2.45) is 5.92 Å². The zero-order valence-corrected chi connectivity index (χ0v) is 14.3. The Morgan fingerprint density at radius 3 is 2.96 bits per heavy atom. The van der Waals surface area contributed by atoms with Gasteiger partial charge < -0.3 is 15.4 Å². The number of halogens is 1. The fourth-order valence-electron chi connectivity index (χ4n) is 2.66. The summed E-state index contributed by atoms with van der Waals surface area (Å²) >= 11 is 0. The van der Waals surface area contributed by atoms with Gasteiger partial charge >= 0.3 is 0 Å². The lowest BCUT2D eigenvalue weighted by Gasteiger charge is -2.23. The largest absolute Gasteiger partial charge is 0.369 e. The van der Waals surface area contributed by atoms with Gasteiger partial charge in [-0.25, -0.2) is 4.39 Å². The van der Waals surface area contributed by atoms with Crippen LogP contribution in [0.15, 0.2) is 18.3 Å². The predicted molar refractivity (Wildman–Crippen MR) is 90.8 cm³/mol. The molecular formula is C17H22FN5O2. The molecule has 134 valence electrons. The molecule has 3 rings (SSSR count). The molecule has 0 saturated carbocycles. The van der Waals surface area contributed by atoms with Crippen molar-refractivity contribution in [2.75, 3.05) is 25.0 Å². The number of aromatic amines is 1. The number of carbonyl (C=O) groups is 1. The summed E-state index contributed by atoms with van der Waals surface area (Å²) in [7, 11) is 0. The Morgan fingerprint density at radius 1 is 1.48 bits per heavy atom. The number of aromatic nitrogens is 3. The van der Waals surface area contributed by atoms with Crippen molar-refractivity contribution >= 4 is 11.6 Å². The van der Waals surface area contributed by atoms with E-state index in [0.29, 0.717) is 25.3 Å². The standard InChI is InChI=1S/C17H22FN5O2/c1-10(2)7-13-15(18)16(23-22-13)17(24)21-11-3-4-12(20-8-11)14-9-19-5-6-25-14/h3-4,8,10,14,19H,5-7,9H2,1-2H3,(H,21,24)(H,22,23). The predicted octanol–water partition coefficient (Wildman–Crippen LogP) is 2.06. The van der Waals surface area contributed by atoms with Crippen LogP contribution in [0.2, 0.25) is 0 Å². The number of ether oxygens (including phenoxy) is 1. The van der Waals surface area contributed by atoms with Crippen molar-refractivity contribution in [3.63, 3.8) is 0 Å². The van der Waals surface area contributed by atoms with Crippen LogP contribution in [-0.4, -0.2) is 40.8 Å². The van der Waals surface area contributed by atoms with Crippen molar-refractivity contribution in [1.29, 1.82) is 0 Å². The first-order valence-electron chi connectivity index (χ1n) is 8.37. The zero-order chi connectivity index (χ0) is 17.8. The van der Waals surface area contributed by atoms with E-state index in [2.05, 4.69) is 25.8 Å². The van der Waals surface area contributed by atoms with Gasteiger partial charge in [-0.2, -0.15) is 5.10 Å². The Hall–Kier alpha value is -2.32. The third-order valence-electron chi connectivity index (χ3n) is 3.91. The number of rotatable bonds is 5. The van der Waals surface area contributed by atoms with E-state index >= 15 is 0 Å². The quantitative estimate of drug-likeness (QED) is 0.770. The van der Waals surface area contributed by atoms with Crippen LogP contribution < -0.4 is 10.6 Å². The van der Waals surface area contributed by atoms with Gasteiger partial charge in [-0.05, 0) is 24.5 Å². The molecular weight excluding hydrogens is 325 g/mol. The van der Waals surface area contributed by atoms with E-state index in [1.165, 1.54) is 6.20 Å². The summed E-state index contributed by atoms with van der Waals surface area (Å²) in [6, 6.07) is 3.52. The van der Waals surface area contributed by atoms with Crippen LogP contribution in [-0.2, 0) is 11.2 Å². The summed E-state index contributed by atoms with van der Waals surface area (Å²) in [5, 5.41) is 12.2. The van der Waals surface area contributed by atoms with Crippen LogP contribution >= 0.6 is 0 Å². The maximum absolute atomic E-state index is 14.3. The smallest absolute Gasteiger partial charge is 0.276 e. The fourth-order valence-corrected chi connectivity index (χ4v) is 2.66. The van der Waals surface area contributed by atoms with Gasteiger partial charge in [0.25, 0.3) is 5.91 Å². The molecule has 3 heterocycles. The zero-order valence-electron chi connectivity index (χ0n) is 14.3. The summed E-state index contributed by atoms with van der Waals surface area (Å²) in [5.41, 5.74) is 1.38. The van der Waals surface area contributed by atoms with Crippen molar-refractivity contribution in [3.8, 4) is 0 Å². The normalized spacial score (nSPS) is 17.7. The first-order chi connectivity index (χ1) is 12.0. The highest BCUT2D eigenvalue weighted by molar-refractivity contribution is 6.03. The molecule has 8 heteroatoms. The summed E-state index contributed by atoms with van der Waals surface area (Å²) in [5.74, 6) is -0.926. The molecule has 2 aromatic rings. The lowest BCUT2D eigenvalue weighted by Crippen LogP contribution is -2.33. The Balaban J connectivity index is 1.65. The number of nitrogens with one attached hydrogen (secondary N) is 3. The molecule has 7 nitrogen and oxygen atoms in total. The third-order valence-corrected chi connectivity index (χ3v) is 3.91. The molecule has 1 saturated heterocycles. The van der Waals surface area contributed by atoms with Crippen molar-refractivity contribution < 1.29 is 13.9 Å². The van der Waals surface area contributed by atoms with Crippen LogP contribution in [0.5, 0.6) is 0 Å². The van der Waals surface area contributed by atoms with Crippen LogP contribution in [0, 0.1) is 11.7 Å². The van der Waals surface area contributed by atoms with E-state index < -0.39 is 11.7 Å². The second kappa shape index (κ2) is 7.71. The van der Waals surface area contributed by atoms with Crippen LogP contribution in [0.4, 0.5) is 10.1 Å². The van der Waals surface area contributed by atoms with Crippen LogP contribution in [0.1, 0.15) is 41.8 Å². The molecule has 25 heavy (non-hydrogen) atoms. The number of pyridine rings is 1. The van der Waals surface area contributed by atoms with Crippen molar-refractivity contribution in [3.05, 3.63) is 41.2 Å². The molecule has 1 amide bonds. The summed E-state index contributed by atoms with van der Waals surface area (Å²) < 4.78 is 19.9. The maximum atomic E-state index is 14.3. The molecule has 3 N–H and O–H groups in total. The average molecular weight is 347 g/mol. The van der Waals surface area contributed by atoms with E-state index in [-0.39, 0.29) is 23.4 Å². The Kier molecular flexibility index (Phi) is 5.40.